The second kappa shape index (κ2) is 5.79. The molecule has 0 saturated heterocycles. The number of aryl methyl sites for hydroxylation is 1. The molecule has 0 radical (unpaired) electrons. The summed E-state index contributed by atoms with van der Waals surface area (Å²) in [4.78, 5) is 2.17. The van der Waals surface area contributed by atoms with Crippen LogP contribution in [0.15, 0.2) is 0 Å². The lowest BCUT2D eigenvalue weighted by atomic mass is 10.0. The lowest BCUT2D eigenvalue weighted by Crippen LogP contribution is -2.34. The van der Waals surface area contributed by atoms with Crippen LogP contribution in [0.25, 0.3) is 0 Å². The summed E-state index contributed by atoms with van der Waals surface area (Å²) in [6.07, 6.45) is 1.10. The third-order valence-corrected chi connectivity index (χ3v) is 2.29. The van der Waals surface area contributed by atoms with Crippen molar-refractivity contribution in [1.82, 2.24) is 25.1 Å². The quantitative estimate of drug-likeness (QED) is 0.769. The largest absolute Gasteiger partial charge is 0.349 e. The maximum atomic E-state index is 3.94. The van der Waals surface area contributed by atoms with Gasteiger partial charge in [-0.05, 0) is 36.9 Å². The fraction of sp³-hybridized carbons (Fsp3) is 0.900. The number of likely N-dealkylation sites (N-methyl/N-ethyl adjacent to an activating group) is 1. The summed E-state index contributed by atoms with van der Waals surface area (Å²) in [5.74, 6) is 1.38. The van der Waals surface area contributed by atoms with Crippen LogP contribution in [0.5, 0.6) is 0 Å². The van der Waals surface area contributed by atoms with Crippen molar-refractivity contribution in [3.05, 3.63) is 0 Å². The lowest BCUT2D eigenvalue weighted by Gasteiger charge is -2.23. The molecule has 0 fully saturated rings. The molecule has 0 bridgehead atoms. The van der Waals surface area contributed by atoms with Crippen LogP contribution < -0.4 is 5.32 Å². The summed E-state index contributed by atoms with van der Waals surface area (Å²) in [7, 11) is 5.98. The molecular weight excluding hydrogens is 204 g/mol. The molecule has 0 aliphatic carbocycles. The normalized spacial score (nSPS) is 13.4. The van der Waals surface area contributed by atoms with E-state index in [2.05, 4.69) is 53.7 Å². The van der Waals surface area contributed by atoms with Crippen LogP contribution in [-0.4, -0.2) is 51.8 Å². The van der Waals surface area contributed by atoms with Gasteiger partial charge in [0.2, 0.25) is 5.95 Å². The average Bonchev–Trinajstić information content (AvgIpc) is 2.49. The number of anilines is 1. The second-order valence-electron chi connectivity index (χ2n) is 4.86. The van der Waals surface area contributed by atoms with Gasteiger partial charge in [0, 0.05) is 19.6 Å². The SMILES string of the molecule is CC(C)CC(CN(C)C)Nc1nnnn1C. The first-order valence-electron chi connectivity index (χ1n) is 5.62. The zero-order valence-electron chi connectivity index (χ0n) is 10.8. The molecule has 1 aromatic heterocycles. The second-order valence-corrected chi connectivity index (χ2v) is 4.86. The van der Waals surface area contributed by atoms with Crippen LogP contribution in [-0.2, 0) is 7.05 Å². The van der Waals surface area contributed by atoms with Gasteiger partial charge in [0.1, 0.15) is 0 Å². The van der Waals surface area contributed by atoms with E-state index in [1.807, 2.05) is 7.05 Å². The highest BCUT2D eigenvalue weighted by atomic mass is 15.6. The van der Waals surface area contributed by atoms with Crippen LogP contribution >= 0.6 is 0 Å². The van der Waals surface area contributed by atoms with Crippen molar-refractivity contribution in [2.24, 2.45) is 13.0 Å². The Morgan fingerprint density at radius 2 is 2.06 bits per heavy atom. The van der Waals surface area contributed by atoms with Crippen molar-refractivity contribution in [1.29, 1.82) is 0 Å². The predicted octanol–water partition coefficient (Wildman–Crippen LogP) is 0.598. The van der Waals surface area contributed by atoms with Gasteiger partial charge in [0.05, 0.1) is 0 Å². The van der Waals surface area contributed by atoms with Gasteiger partial charge in [0.25, 0.3) is 0 Å². The third-order valence-electron chi connectivity index (χ3n) is 2.29. The predicted molar refractivity (Wildman–Crippen MR) is 64.2 cm³/mol. The molecule has 0 spiro atoms. The molecule has 0 amide bonds. The molecule has 1 atom stereocenters. The average molecular weight is 226 g/mol. The highest BCUT2D eigenvalue weighted by Crippen LogP contribution is 2.10. The number of nitrogens with one attached hydrogen (secondary N) is 1. The number of aromatic nitrogens is 4. The topological polar surface area (TPSA) is 58.9 Å². The van der Waals surface area contributed by atoms with Crippen molar-refractivity contribution < 1.29 is 0 Å². The number of hydrogen-bond donors (Lipinski definition) is 1. The Labute approximate surface area is 97.0 Å². The van der Waals surface area contributed by atoms with Crippen LogP contribution in [0.1, 0.15) is 20.3 Å². The van der Waals surface area contributed by atoms with E-state index in [0.29, 0.717) is 12.0 Å². The fourth-order valence-corrected chi connectivity index (χ4v) is 1.72. The minimum atomic E-state index is 0.375. The first kappa shape index (κ1) is 12.9. The minimum Gasteiger partial charge on any atom is -0.349 e. The lowest BCUT2D eigenvalue weighted by molar-refractivity contribution is 0.355. The zero-order valence-corrected chi connectivity index (χ0v) is 10.8. The monoisotopic (exact) mass is 226 g/mol. The summed E-state index contributed by atoms with van der Waals surface area (Å²) in [5.41, 5.74) is 0. The number of hydrogen-bond acceptors (Lipinski definition) is 5. The smallest absolute Gasteiger partial charge is 0.242 e. The van der Waals surface area contributed by atoms with Crippen LogP contribution in [0.2, 0.25) is 0 Å². The summed E-state index contributed by atoms with van der Waals surface area (Å²) in [6.45, 7) is 5.42. The standard InChI is InChI=1S/C10H22N6/c1-8(2)6-9(7-15(3)4)11-10-12-13-14-16(10)5/h8-9H,6-7H2,1-5H3,(H,11,12,14). The molecule has 0 aromatic carbocycles. The van der Waals surface area contributed by atoms with E-state index in [9.17, 15) is 0 Å². The van der Waals surface area contributed by atoms with Crippen molar-refractivity contribution in [3.63, 3.8) is 0 Å². The molecule has 6 heteroatoms. The van der Waals surface area contributed by atoms with Gasteiger partial charge in [-0.1, -0.05) is 18.9 Å². The summed E-state index contributed by atoms with van der Waals surface area (Å²) in [6, 6.07) is 0.375. The van der Waals surface area contributed by atoms with Crippen LogP contribution in [0.3, 0.4) is 0 Å². The van der Waals surface area contributed by atoms with Crippen molar-refractivity contribution >= 4 is 5.95 Å². The summed E-state index contributed by atoms with van der Waals surface area (Å²) in [5, 5.41) is 14.7. The molecule has 6 nitrogen and oxygen atoms in total. The van der Waals surface area contributed by atoms with Crippen LogP contribution in [0.4, 0.5) is 5.95 Å². The van der Waals surface area contributed by atoms with Crippen molar-refractivity contribution in [3.8, 4) is 0 Å². The van der Waals surface area contributed by atoms with Gasteiger partial charge in [-0.25, -0.2) is 4.68 Å². The minimum absolute atomic E-state index is 0.375. The highest BCUT2D eigenvalue weighted by molar-refractivity contribution is 5.23. The molecule has 0 aliphatic rings. The Hall–Kier alpha value is -1.17. The highest BCUT2D eigenvalue weighted by Gasteiger charge is 2.14. The number of nitrogens with zero attached hydrogens (tertiary/aromatic N) is 5. The van der Waals surface area contributed by atoms with E-state index in [0.717, 1.165) is 18.9 Å². The zero-order chi connectivity index (χ0) is 12.1. The number of tetrazole rings is 1. The first-order chi connectivity index (χ1) is 7.49. The fourth-order valence-electron chi connectivity index (χ4n) is 1.72. The Morgan fingerprint density at radius 1 is 1.38 bits per heavy atom. The molecule has 1 aromatic rings. The van der Waals surface area contributed by atoms with Gasteiger partial charge >= 0.3 is 0 Å². The Morgan fingerprint density at radius 3 is 2.50 bits per heavy atom. The van der Waals surface area contributed by atoms with Gasteiger partial charge in [-0.2, -0.15) is 0 Å². The van der Waals surface area contributed by atoms with Gasteiger partial charge in [-0.15, -0.1) is 0 Å². The molecule has 1 heterocycles. The van der Waals surface area contributed by atoms with E-state index in [1.165, 1.54) is 0 Å². The molecule has 0 aliphatic heterocycles. The third kappa shape index (κ3) is 4.14. The Bertz CT molecular complexity index is 296. The summed E-state index contributed by atoms with van der Waals surface area (Å²) >= 11 is 0. The number of rotatable bonds is 6. The Kier molecular flexibility index (Phi) is 4.67. The van der Waals surface area contributed by atoms with Crippen LogP contribution in [0, 0.1) is 5.92 Å². The van der Waals surface area contributed by atoms with Crippen molar-refractivity contribution in [2.45, 2.75) is 26.3 Å². The molecule has 1 N–H and O–H groups in total. The van der Waals surface area contributed by atoms with Gasteiger partial charge in [0.15, 0.2) is 0 Å². The Balaban J connectivity index is 2.59. The van der Waals surface area contributed by atoms with E-state index in [-0.39, 0.29) is 0 Å². The van der Waals surface area contributed by atoms with Gasteiger partial charge < -0.3 is 10.2 Å². The van der Waals surface area contributed by atoms with Crippen molar-refractivity contribution in [2.75, 3.05) is 26.0 Å². The summed E-state index contributed by atoms with van der Waals surface area (Å²) < 4.78 is 1.66. The van der Waals surface area contributed by atoms with E-state index < -0.39 is 0 Å². The maximum absolute atomic E-state index is 3.94. The molecule has 16 heavy (non-hydrogen) atoms. The first-order valence-corrected chi connectivity index (χ1v) is 5.62. The van der Waals surface area contributed by atoms with E-state index in [4.69, 9.17) is 0 Å². The molecular formula is C10H22N6. The maximum Gasteiger partial charge on any atom is 0.242 e. The van der Waals surface area contributed by atoms with E-state index >= 15 is 0 Å². The van der Waals surface area contributed by atoms with E-state index in [1.54, 1.807) is 4.68 Å². The molecule has 0 saturated carbocycles. The molecule has 92 valence electrons. The molecule has 1 unspecified atom stereocenters. The molecule has 1 rings (SSSR count). The van der Waals surface area contributed by atoms with Gasteiger partial charge in [-0.3, -0.25) is 0 Å².